The fourth-order valence-electron chi connectivity index (χ4n) is 2.27. The van der Waals surface area contributed by atoms with Gasteiger partial charge in [-0.2, -0.15) is 0 Å². The van der Waals surface area contributed by atoms with Crippen LogP contribution < -0.4 is 5.32 Å². The van der Waals surface area contributed by atoms with E-state index in [2.05, 4.69) is 47.4 Å². The van der Waals surface area contributed by atoms with Crippen LogP contribution in [0.2, 0.25) is 0 Å². The number of likely N-dealkylation sites (tertiary alicyclic amines) is 1. The molecule has 1 aromatic heterocycles. The van der Waals surface area contributed by atoms with Gasteiger partial charge in [-0.15, -0.1) is 0 Å². The first kappa shape index (κ1) is 12.1. The minimum atomic E-state index is 0.596. The number of aromatic nitrogens is 1. The molecule has 17 heavy (non-hydrogen) atoms. The predicted octanol–water partition coefficient (Wildman–Crippen LogP) is 2.54. The molecule has 1 N–H and O–H groups in total. The molecule has 1 unspecified atom stereocenters. The maximum Gasteiger partial charge on any atom is 0.125 e. The maximum atomic E-state index is 4.35. The minimum Gasteiger partial charge on any atom is -0.373 e. The van der Waals surface area contributed by atoms with Crippen molar-refractivity contribution in [3.63, 3.8) is 0 Å². The quantitative estimate of drug-likeness (QED) is 0.866. The maximum absolute atomic E-state index is 4.35. The smallest absolute Gasteiger partial charge is 0.125 e. The Morgan fingerprint density at radius 3 is 2.94 bits per heavy atom. The van der Waals surface area contributed by atoms with Gasteiger partial charge in [0.15, 0.2) is 0 Å². The third-order valence-corrected chi connectivity index (χ3v) is 3.48. The van der Waals surface area contributed by atoms with E-state index in [-0.39, 0.29) is 0 Å². The molecule has 0 bridgehead atoms. The van der Waals surface area contributed by atoms with Gasteiger partial charge in [-0.05, 0) is 50.6 Å². The van der Waals surface area contributed by atoms with Gasteiger partial charge in [0, 0.05) is 19.3 Å². The predicted molar refractivity (Wildman–Crippen MR) is 73.2 cm³/mol. The van der Waals surface area contributed by atoms with Crippen LogP contribution >= 0.6 is 0 Å². The molecule has 3 nitrogen and oxygen atoms in total. The molecular formula is C14H21N3. The molecule has 1 saturated heterocycles. The SMILES string of the molecule is CNc1cc(C)c(/C=C/C2CCCN2C)cn1. The first-order valence-electron chi connectivity index (χ1n) is 6.23. The van der Waals surface area contributed by atoms with Gasteiger partial charge in [-0.3, -0.25) is 4.90 Å². The Morgan fingerprint density at radius 1 is 1.53 bits per heavy atom. The van der Waals surface area contributed by atoms with E-state index in [0.29, 0.717) is 6.04 Å². The summed E-state index contributed by atoms with van der Waals surface area (Å²) < 4.78 is 0. The summed E-state index contributed by atoms with van der Waals surface area (Å²) in [5, 5.41) is 3.06. The highest BCUT2D eigenvalue weighted by Gasteiger charge is 2.17. The first-order valence-corrected chi connectivity index (χ1v) is 6.23. The van der Waals surface area contributed by atoms with E-state index in [1.54, 1.807) is 0 Å². The first-order chi connectivity index (χ1) is 8.20. The lowest BCUT2D eigenvalue weighted by Gasteiger charge is -2.15. The molecule has 92 valence electrons. The number of anilines is 1. The molecule has 0 aliphatic carbocycles. The van der Waals surface area contributed by atoms with Crippen LogP contribution in [-0.4, -0.2) is 36.6 Å². The number of hydrogen-bond acceptors (Lipinski definition) is 3. The summed E-state index contributed by atoms with van der Waals surface area (Å²) in [6.45, 7) is 3.34. The van der Waals surface area contributed by atoms with E-state index in [1.807, 2.05) is 13.2 Å². The van der Waals surface area contributed by atoms with Crippen molar-refractivity contribution < 1.29 is 0 Å². The molecule has 3 heteroatoms. The number of hydrogen-bond donors (Lipinski definition) is 1. The molecule has 0 aromatic carbocycles. The van der Waals surface area contributed by atoms with Crippen LogP contribution in [0, 0.1) is 6.92 Å². The van der Waals surface area contributed by atoms with Crippen LogP contribution in [0.4, 0.5) is 5.82 Å². The van der Waals surface area contributed by atoms with Gasteiger partial charge in [0.25, 0.3) is 0 Å². The second-order valence-corrected chi connectivity index (χ2v) is 4.73. The van der Waals surface area contributed by atoms with Crippen molar-refractivity contribution in [2.75, 3.05) is 26.0 Å². The molecule has 1 fully saturated rings. The summed E-state index contributed by atoms with van der Waals surface area (Å²) in [6, 6.07) is 2.68. The molecule has 2 heterocycles. The van der Waals surface area contributed by atoms with Crippen molar-refractivity contribution >= 4 is 11.9 Å². The average Bonchev–Trinajstić information content (AvgIpc) is 2.73. The third-order valence-electron chi connectivity index (χ3n) is 3.48. The van der Waals surface area contributed by atoms with Crippen molar-refractivity contribution in [3.8, 4) is 0 Å². The van der Waals surface area contributed by atoms with Crippen LogP contribution in [-0.2, 0) is 0 Å². The Bertz CT molecular complexity index is 412. The van der Waals surface area contributed by atoms with Gasteiger partial charge in [-0.1, -0.05) is 12.2 Å². The van der Waals surface area contributed by atoms with Crippen molar-refractivity contribution in [3.05, 3.63) is 29.5 Å². The molecule has 0 radical (unpaired) electrons. The summed E-state index contributed by atoms with van der Waals surface area (Å²) >= 11 is 0. The number of likely N-dealkylation sites (N-methyl/N-ethyl adjacent to an activating group) is 1. The lowest BCUT2D eigenvalue weighted by Crippen LogP contribution is -2.22. The van der Waals surface area contributed by atoms with Gasteiger partial charge < -0.3 is 5.32 Å². The lowest BCUT2D eigenvalue weighted by molar-refractivity contribution is 0.358. The highest BCUT2D eigenvalue weighted by Crippen LogP contribution is 2.18. The van der Waals surface area contributed by atoms with Crippen molar-refractivity contribution in [1.82, 2.24) is 9.88 Å². The summed E-state index contributed by atoms with van der Waals surface area (Å²) in [4.78, 5) is 6.75. The molecule has 1 aliphatic rings. The molecule has 1 aliphatic heterocycles. The Morgan fingerprint density at radius 2 is 2.35 bits per heavy atom. The Kier molecular flexibility index (Phi) is 3.79. The summed E-state index contributed by atoms with van der Waals surface area (Å²) in [6.07, 6.45) is 9.02. The van der Waals surface area contributed by atoms with Gasteiger partial charge in [0.05, 0.1) is 0 Å². The fraction of sp³-hybridized carbons (Fsp3) is 0.500. The number of pyridine rings is 1. The van der Waals surface area contributed by atoms with Gasteiger partial charge >= 0.3 is 0 Å². The lowest BCUT2D eigenvalue weighted by atomic mass is 10.1. The van der Waals surface area contributed by atoms with Crippen LogP contribution in [0.25, 0.3) is 6.08 Å². The van der Waals surface area contributed by atoms with E-state index in [0.717, 1.165) is 5.82 Å². The molecule has 0 saturated carbocycles. The van der Waals surface area contributed by atoms with E-state index in [4.69, 9.17) is 0 Å². The summed E-state index contributed by atoms with van der Waals surface area (Å²) in [7, 11) is 4.09. The van der Waals surface area contributed by atoms with Crippen LogP contribution in [0.1, 0.15) is 24.0 Å². The van der Waals surface area contributed by atoms with Crippen LogP contribution in [0.5, 0.6) is 0 Å². The molecule has 1 aromatic rings. The van der Waals surface area contributed by atoms with Gasteiger partial charge in [0.1, 0.15) is 5.82 Å². The Balaban J connectivity index is 2.10. The highest BCUT2D eigenvalue weighted by atomic mass is 15.1. The molecule has 1 atom stereocenters. The average molecular weight is 231 g/mol. The van der Waals surface area contributed by atoms with Crippen molar-refractivity contribution in [1.29, 1.82) is 0 Å². The van der Waals surface area contributed by atoms with Gasteiger partial charge in [0.2, 0.25) is 0 Å². The molecular weight excluding hydrogens is 210 g/mol. The van der Waals surface area contributed by atoms with Crippen LogP contribution in [0.15, 0.2) is 18.3 Å². The second kappa shape index (κ2) is 5.32. The normalized spacial score (nSPS) is 21.2. The summed E-state index contributed by atoms with van der Waals surface area (Å²) in [5.41, 5.74) is 2.48. The third kappa shape index (κ3) is 2.86. The monoisotopic (exact) mass is 231 g/mol. The molecule has 2 rings (SSSR count). The van der Waals surface area contributed by atoms with E-state index >= 15 is 0 Å². The van der Waals surface area contributed by atoms with E-state index < -0.39 is 0 Å². The Hall–Kier alpha value is -1.35. The zero-order chi connectivity index (χ0) is 12.3. The number of aryl methyl sites for hydroxylation is 1. The standard InChI is InChI=1S/C14H21N3/c1-11-9-14(15-2)16-10-12(11)6-7-13-5-4-8-17(13)3/h6-7,9-10,13H,4-5,8H2,1-3H3,(H,15,16)/b7-6+. The topological polar surface area (TPSA) is 28.2 Å². The molecule has 0 spiro atoms. The van der Waals surface area contributed by atoms with E-state index in [1.165, 1.54) is 30.5 Å². The highest BCUT2D eigenvalue weighted by molar-refractivity contribution is 5.56. The Labute approximate surface area is 104 Å². The number of nitrogens with zero attached hydrogens (tertiary/aromatic N) is 2. The van der Waals surface area contributed by atoms with Crippen molar-refractivity contribution in [2.24, 2.45) is 0 Å². The zero-order valence-corrected chi connectivity index (χ0v) is 10.9. The number of nitrogens with one attached hydrogen (secondary N) is 1. The van der Waals surface area contributed by atoms with Gasteiger partial charge in [-0.25, -0.2) is 4.98 Å². The zero-order valence-electron chi connectivity index (χ0n) is 10.9. The second-order valence-electron chi connectivity index (χ2n) is 4.73. The van der Waals surface area contributed by atoms with Crippen LogP contribution in [0.3, 0.4) is 0 Å². The van der Waals surface area contributed by atoms with E-state index in [9.17, 15) is 0 Å². The molecule has 0 amide bonds. The van der Waals surface area contributed by atoms with Crippen molar-refractivity contribution in [2.45, 2.75) is 25.8 Å². The number of rotatable bonds is 3. The largest absolute Gasteiger partial charge is 0.373 e. The summed E-state index contributed by atoms with van der Waals surface area (Å²) in [5.74, 6) is 0.928. The minimum absolute atomic E-state index is 0.596. The fourth-order valence-corrected chi connectivity index (χ4v) is 2.27.